The summed E-state index contributed by atoms with van der Waals surface area (Å²) < 4.78 is 9.88. The summed E-state index contributed by atoms with van der Waals surface area (Å²) >= 11 is 0. The fraction of sp³-hybridized carbons (Fsp3) is 0.667. The minimum absolute atomic E-state index is 0.0930. The van der Waals surface area contributed by atoms with Crippen LogP contribution in [0, 0.1) is 0 Å². The fourth-order valence-electron chi connectivity index (χ4n) is 1.62. The van der Waals surface area contributed by atoms with Crippen molar-refractivity contribution >= 4 is 11.9 Å². The summed E-state index contributed by atoms with van der Waals surface area (Å²) in [5.74, 6) is 0.413. The van der Waals surface area contributed by atoms with Gasteiger partial charge in [-0.25, -0.2) is 0 Å². The van der Waals surface area contributed by atoms with E-state index in [4.69, 9.17) is 9.47 Å². The van der Waals surface area contributed by atoms with E-state index < -0.39 is 0 Å². The second kappa shape index (κ2) is 8.13. The van der Waals surface area contributed by atoms with E-state index in [1.807, 2.05) is 13.8 Å². The summed E-state index contributed by atoms with van der Waals surface area (Å²) in [6.07, 6.45) is 0.373. The van der Waals surface area contributed by atoms with Crippen molar-refractivity contribution in [2.45, 2.75) is 20.3 Å². The molecule has 0 saturated heterocycles. The van der Waals surface area contributed by atoms with Gasteiger partial charge in [-0.15, -0.1) is 4.98 Å². The van der Waals surface area contributed by atoms with Gasteiger partial charge in [0.25, 0.3) is 0 Å². The fourth-order valence-corrected chi connectivity index (χ4v) is 1.62. The molecule has 0 aliphatic rings. The molecule has 0 bridgehead atoms. The van der Waals surface area contributed by atoms with Crippen molar-refractivity contribution in [1.29, 1.82) is 0 Å². The quantitative estimate of drug-likeness (QED) is 0.745. The van der Waals surface area contributed by atoms with Crippen molar-refractivity contribution in [2.75, 3.05) is 39.2 Å². The molecule has 1 aromatic rings. The first-order chi connectivity index (χ1) is 9.64. The standard InChI is InChI=1S/C12H21N5O3/c1-5-17(6-2)9(18)7-8-13-10-14-11(19-3)16-12(15-10)20-4/h5-8H2,1-4H3,(H,13,14,15,16). The van der Waals surface area contributed by atoms with Gasteiger partial charge in [-0.2, -0.15) is 9.97 Å². The van der Waals surface area contributed by atoms with Gasteiger partial charge < -0.3 is 19.7 Å². The van der Waals surface area contributed by atoms with E-state index in [2.05, 4.69) is 20.3 Å². The van der Waals surface area contributed by atoms with Gasteiger partial charge >= 0.3 is 12.0 Å². The Kier molecular flexibility index (Phi) is 6.48. The van der Waals surface area contributed by atoms with Crippen molar-refractivity contribution < 1.29 is 14.3 Å². The molecular formula is C12H21N5O3. The molecule has 0 unspecified atom stereocenters. The molecule has 20 heavy (non-hydrogen) atoms. The predicted molar refractivity (Wildman–Crippen MR) is 74.0 cm³/mol. The highest BCUT2D eigenvalue weighted by molar-refractivity contribution is 5.76. The van der Waals surface area contributed by atoms with E-state index in [0.29, 0.717) is 32.0 Å². The summed E-state index contributed by atoms with van der Waals surface area (Å²) in [7, 11) is 2.92. The first kappa shape index (κ1) is 15.9. The molecule has 0 radical (unpaired) electrons. The number of nitrogens with one attached hydrogen (secondary N) is 1. The third-order valence-corrected chi connectivity index (χ3v) is 2.70. The number of carbonyl (C=O) groups is 1. The van der Waals surface area contributed by atoms with Crippen LogP contribution in [0.3, 0.4) is 0 Å². The molecule has 1 rings (SSSR count). The third-order valence-electron chi connectivity index (χ3n) is 2.70. The lowest BCUT2D eigenvalue weighted by atomic mass is 10.3. The number of ether oxygens (including phenoxy) is 2. The SMILES string of the molecule is CCN(CC)C(=O)CCNc1nc(OC)nc(OC)n1. The molecule has 1 N–H and O–H groups in total. The lowest BCUT2D eigenvalue weighted by Gasteiger charge is -2.18. The number of anilines is 1. The second-order valence-corrected chi connectivity index (χ2v) is 3.88. The predicted octanol–water partition coefficient (Wildman–Crippen LogP) is 0.559. The zero-order valence-corrected chi connectivity index (χ0v) is 12.3. The largest absolute Gasteiger partial charge is 0.467 e. The molecule has 8 nitrogen and oxygen atoms in total. The van der Waals surface area contributed by atoms with Crippen molar-refractivity contribution in [3.05, 3.63) is 0 Å². The van der Waals surface area contributed by atoms with Crippen LogP contribution in [0.2, 0.25) is 0 Å². The smallest absolute Gasteiger partial charge is 0.324 e. The number of nitrogens with zero attached hydrogens (tertiary/aromatic N) is 4. The van der Waals surface area contributed by atoms with Crippen LogP contribution < -0.4 is 14.8 Å². The van der Waals surface area contributed by atoms with E-state index in [9.17, 15) is 4.79 Å². The minimum Gasteiger partial charge on any atom is -0.467 e. The number of carbonyl (C=O) groups excluding carboxylic acids is 1. The van der Waals surface area contributed by atoms with Crippen LogP contribution in [0.15, 0.2) is 0 Å². The second-order valence-electron chi connectivity index (χ2n) is 3.88. The first-order valence-corrected chi connectivity index (χ1v) is 6.50. The molecule has 0 aliphatic carbocycles. The molecule has 1 heterocycles. The van der Waals surface area contributed by atoms with Crippen LogP contribution in [0.5, 0.6) is 12.0 Å². The Labute approximate surface area is 118 Å². The van der Waals surface area contributed by atoms with Gasteiger partial charge in [0.05, 0.1) is 14.2 Å². The molecule has 1 amide bonds. The molecule has 112 valence electrons. The number of methoxy groups -OCH3 is 2. The zero-order valence-electron chi connectivity index (χ0n) is 12.3. The Balaban J connectivity index is 2.55. The van der Waals surface area contributed by atoms with Crippen molar-refractivity contribution in [3.63, 3.8) is 0 Å². The summed E-state index contributed by atoms with van der Waals surface area (Å²) in [6, 6.07) is 0.323. The van der Waals surface area contributed by atoms with Crippen molar-refractivity contribution in [1.82, 2.24) is 19.9 Å². The Hall–Kier alpha value is -2.12. The normalized spacial score (nSPS) is 10.0. The van der Waals surface area contributed by atoms with E-state index >= 15 is 0 Å². The maximum absolute atomic E-state index is 11.8. The van der Waals surface area contributed by atoms with Gasteiger partial charge in [-0.05, 0) is 13.8 Å². The van der Waals surface area contributed by atoms with Crippen LogP contribution in [-0.2, 0) is 4.79 Å². The summed E-state index contributed by atoms with van der Waals surface area (Å²) in [5.41, 5.74) is 0. The molecule has 1 aromatic heterocycles. The van der Waals surface area contributed by atoms with Gasteiger partial charge in [-0.1, -0.05) is 0 Å². The average Bonchev–Trinajstić information content (AvgIpc) is 2.48. The first-order valence-electron chi connectivity index (χ1n) is 6.50. The lowest BCUT2D eigenvalue weighted by Crippen LogP contribution is -2.31. The van der Waals surface area contributed by atoms with E-state index in [0.717, 1.165) is 0 Å². The molecule has 0 aliphatic heterocycles. The number of hydrogen-bond acceptors (Lipinski definition) is 7. The third kappa shape index (κ3) is 4.52. The molecule has 0 aromatic carbocycles. The molecular weight excluding hydrogens is 262 g/mol. The van der Waals surface area contributed by atoms with Crippen LogP contribution >= 0.6 is 0 Å². The summed E-state index contributed by atoms with van der Waals surface area (Å²) in [5, 5.41) is 2.96. The lowest BCUT2D eigenvalue weighted by molar-refractivity contribution is -0.130. The molecule has 8 heteroatoms. The Morgan fingerprint density at radius 2 is 1.65 bits per heavy atom. The maximum Gasteiger partial charge on any atom is 0.324 e. The van der Waals surface area contributed by atoms with Gasteiger partial charge in [0, 0.05) is 26.1 Å². The number of aromatic nitrogens is 3. The van der Waals surface area contributed by atoms with Gasteiger partial charge in [0.15, 0.2) is 0 Å². The molecule has 0 atom stereocenters. The van der Waals surface area contributed by atoms with Crippen LogP contribution in [0.1, 0.15) is 20.3 Å². The Morgan fingerprint density at radius 3 is 2.10 bits per heavy atom. The van der Waals surface area contributed by atoms with E-state index in [1.54, 1.807) is 4.90 Å². The van der Waals surface area contributed by atoms with Gasteiger partial charge in [0.2, 0.25) is 11.9 Å². The number of rotatable bonds is 8. The van der Waals surface area contributed by atoms with Gasteiger partial charge in [0.1, 0.15) is 0 Å². The van der Waals surface area contributed by atoms with E-state index in [1.165, 1.54) is 14.2 Å². The monoisotopic (exact) mass is 283 g/mol. The number of amides is 1. The zero-order chi connectivity index (χ0) is 15.0. The van der Waals surface area contributed by atoms with Crippen LogP contribution in [0.4, 0.5) is 5.95 Å². The Morgan fingerprint density at radius 1 is 1.10 bits per heavy atom. The highest BCUT2D eigenvalue weighted by Gasteiger charge is 2.10. The van der Waals surface area contributed by atoms with Crippen molar-refractivity contribution in [3.8, 4) is 12.0 Å². The molecule has 0 spiro atoms. The maximum atomic E-state index is 11.8. The summed E-state index contributed by atoms with van der Waals surface area (Å²) in [6.45, 7) is 5.77. The van der Waals surface area contributed by atoms with Crippen molar-refractivity contribution in [2.24, 2.45) is 0 Å². The topological polar surface area (TPSA) is 89.5 Å². The summed E-state index contributed by atoms with van der Waals surface area (Å²) in [4.78, 5) is 25.5. The van der Waals surface area contributed by atoms with Gasteiger partial charge in [-0.3, -0.25) is 4.79 Å². The molecule has 0 saturated carbocycles. The van der Waals surface area contributed by atoms with Crippen LogP contribution in [-0.4, -0.2) is 59.6 Å². The van der Waals surface area contributed by atoms with E-state index in [-0.39, 0.29) is 17.9 Å². The Bertz CT molecular complexity index is 415. The molecule has 0 fully saturated rings. The highest BCUT2D eigenvalue weighted by Crippen LogP contribution is 2.11. The number of hydrogen-bond donors (Lipinski definition) is 1. The van der Waals surface area contributed by atoms with Crippen LogP contribution in [0.25, 0.3) is 0 Å². The highest BCUT2D eigenvalue weighted by atomic mass is 16.5. The minimum atomic E-state index is 0.0930. The average molecular weight is 283 g/mol.